The number of nitrogens with one attached hydrogen (secondary N) is 1. The summed E-state index contributed by atoms with van der Waals surface area (Å²) in [6.45, 7) is 2.05. The van der Waals surface area contributed by atoms with Gasteiger partial charge in [-0.1, -0.05) is 0 Å². The molecule has 20 heavy (non-hydrogen) atoms. The molecule has 0 saturated heterocycles. The maximum Gasteiger partial charge on any atom is 0.253 e. The Balaban J connectivity index is 1.92. The Kier molecular flexibility index (Phi) is 4.14. The van der Waals surface area contributed by atoms with E-state index in [-0.39, 0.29) is 17.9 Å². The summed E-state index contributed by atoms with van der Waals surface area (Å²) in [4.78, 5) is 27.4. The molecule has 2 aromatic rings. The quantitative estimate of drug-likeness (QED) is 0.817. The number of aromatic nitrogens is 2. The van der Waals surface area contributed by atoms with Gasteiger partial charge in [0.2, 0.25) is 5.91 Å². The second kappa shape index (κ2) is 6.01. The monoisotopic (exact) mass is 272 g/mol. The normalized spacial score (nSPS) is 10.2. The van der Waals surface area contributed by atoms with E-state index in [9.17, 15) is 9.59 Å². The van der Waals surface area contributed by atoms with Crippen LogP contribution in [0.2, 0.25) is 0 Å². The number of nitrogens with two attached hydrogens (primary N) is 1. The summed E-state index contributed by atoms with van der Waals surface area (Å²) in [5, 5.41) is 2.74. The second-order valence-corrected chi connectivity index (χ2v) is 4.48. The first-order chi connectivity index (χ1) is 9.54. The first kappa shape index (κ1) is 13.8. The van der Waals surface area contributed by atoms with Gasteiger partial charge in [0, 0.05) is 36.1 Å². The van der Waals surface area contributed by atoms with Gasteiger partial charge < -0.3 is 11.1 Å². The smallest absolute Gasteiger partial charge is 0.253 e. The van der Waals surface area contributed by atoms with Crippen molar-refractivity contribution >= 4 is 17.3 Å². The standard InChI is InChI=1S/C14H16N4O2/c1-10-8-14(20)18(9-16-10)7-6-13(19)17-12-4-2-11(15)3-5-12/h2-5,8-9H,6-7,15H2,1H3,(H,17,19). The number of carbonyl (C=O) groups is 1. The molecule has 6 nitrogen and oxygen atoms in total. The number of nitrogens with zero attached hydrogens (tertiary/aromatic N) is 2. The van der Waals surface area contributed by atoms with Crippen LogP contribution in [0.5, 0.6) is 0 Å². The SMILES string of the molecule is Cc1cc(=O)n(CCC(=O)Nc2ccc(N)cc2)cn1. The van der Waals surface area contributed by atoms with Gasteiger partial charge in [-0.05, 0) is 31.2 Å². The van der Waals surface area contributed by atoms with E-state index in [0.717, 1.165) is 0 Å². The molecule has 0 aliphatic rings. The molecule has 0 bridgehead atoms. The molecule has 0 unspecified atom stereocenters. The van der Waals surface area contributed by atoms with Crippen molar-refractivity contribution in [1.29, 1.82) is 0 Å². The van der Waals surface area contributed by atoms with E-state index in [2.05, 4.69) is 10.3 Å². The molecular formula is C14H16N4O2. The Morgan fingerprint density at radius 1 is 1.35 bits per heavy atom. The number of nitrogen functional groups attached to an aromatic ring is 1. The zero-order valence-electron chi connectivity index (χ0n) is 11.2. The molecule has 2 rings (SSSR count). The van der Waals surface area contributed by atoms with Crippen LogP contribution in [0, 0.1) is 6.92 Å². The fourth-order valence-corrected chi connectivity index (χ4v) is 1.70. The van der Waals surface area contributed by atoms with E-state index in [1.54, 1.807) is 31.2 Å². The lowest BCUT2D eigenvalue weighted by molar-refractivity contribution is -0.116. The number of aryl methyl sites for hydroxylation is 2. The van der Waals surface area contributed by atoms with Crippen molar-refractivity contribution in [3.05, 3.63) is 52.7 Å². The van der Waals surface area contributed by atoms with Crippen molar-refractivity contribution < 1.29 is 4.79 Å². The van der Waals surface area contributed by atoms with E-state index in [1.807, 2.05) is 0 Å². The highest BCUT2D eigenvalue weighted by molar-refractivity contribution is 5.90. The molecule has 1 aromatic carbocycles. The molecule has 6 heteroatoms. The van der Waals surface area contributed by atoms with E-state index >= 15 is 0 Å². The van der Waals surface area contributed by atoms with Crippen LogP contribution in [0.4, 0.5) is 11.4 Å². The fraction of sp³-hybridized carbons (Fsp3) is 0.214. The molecule has 104 valence electrons. The van der Waals surface area contributed by atoms with Gasteiger partial charge in [0.05, 0.1) is 6.33 Å². The average Bonchev–Trinajstić information content (AvgIpc) is 2.40. The molecule has 0 fully saturated rings. The molecule has 0 radical (unpaired) electrons. The van der Waals surface area contributed by atoms with Crippen LogP contribution in [0.3, 0.4) is 0 Å². The highest BCUT2D eigenvalue weighted by atomic mass is 16.1. The van der Waals surface area contributed by atoms with E-state index in [1.165, 1.54) is 17.0 Å². The Hall–Kier alpha value is -2.63. The summed E-state index contributed by atoms with van der Waals surface area (Å²) in [7, 11) is 0. The number of benzene rings is 1. The minimum Gasteiger partial charge on any atom is -0.399 e. The van der Waals surface area contributed by atoms with Crippen molar-refractivity contribution in [3.63, 3.8) is 0 Å². The van der Waals surface area contributed by atoms with Gasteiger partial charge in [-0.25, -0.2) is 4.98 Å². The number of carbonyl (C=O) groups excluding carboxylic acids is 1. The zero-order valence-corrected chi connectivity index (χ0v) is 11.2. The largest absolute Gasteiger partial charge is 0.399 e. The zero-order chi connectivity index (χ0) is 14.5. The maximum absolute atomic E-state index is 11.8. The van der Waals surface area contributed by atoms with Crippen LogP contribution in [0.25, 0.3) is 0 Å². The summed E-state index contributed by atoms with van der Waals surface area (Å²) in [6, 6.07) is 8.32. The van der Waals surface area contributed by atoms with Crippen molar-refractivity contribution in [3.8, 4) is 0 Å². The second-order valence-electron chi connectivity index (χ2n) is 4.48. The van der Waals surface area contributed by atoms with Crippen LogP contribution in [-0.4, -0.2) is 15.5 Å². The summed E-state index contributed by atoms with van der Waals surface area (Å²) in [5.41, 5.74) is 7.39. The van der Waals surface area contributed by atoms with Crippen molar-refractivity contribution in [2.24, 2.45) is 0 Å². The lowest BCUT2D eigenvalue weighted by Crippen LogP contribution is -2.23. The third-order valence-electron chi connectivity index (χ3n) is 2.79. The molecular weight excluding hydrogens is 256 g/mol. The Morgan fingerprint density at radius 2 is 2.05 bits per heavy atom. The first-order valence-corrected chi connectivity index (χ1v) is 6.23. The summed E-state index contributed by atoms with van der Waals surface area (Å²) in [5.74, 6) is -0.165. The molecule has 0 spiro atoms. The predicted molar refractivity (Wildman–Crippen MR) is 77.3 cm³/mol. The number of hydrogen-bond acceptors (Lipinski definition) is 4. The molecule has 0 aliphatic heterocycles. The summed E-state index contributed by atoms with van der Waals surface area (Å²) in [6.07, 6.45) is 1.66. The van der Waals surface area contributed by atoms with Gasteiger partial charge >= 0.3 is 0 Å². The highest BCUT2D eigenvalue weighted by Crippen LogP contribution is 2.10. The van der Waals surface area contributed by atoms with Crippen molar-refractivity contribution in [2.75, 3.05) is 11.1 Å². The summed E-state index contributed by atoms with van der Waals surface area (Å²) >= 11 is 0. The van der Waals surface area contributed by atoms with Gasteiger partial charge in [-0.15, -0.1) is 0 Å². The van der Waals surface area contributed by atoms with E-state index in [0.29, 0.717) is 23.6 Å². The van der Waals surface area contributed by atoms with Crippen molar-refractivity contribution in [2.45, 2.75) is 19.9 Å². The van der Waals surface area contributed by atoms with Gasteiger partial charge in [0.1, 0.15) is 0 Å². The molecule has 1 aromatic heterocycles. The van der Waals surface area contributed by atoms with Crippen LogP contribution >= 0.6 is 0 Å². The number of rotatable bonds is 4. The van der Waals surface area contributed by atoms with Gasteiger partial charge in [0.15, 0.2) is 0 Å². The third-order valence-corrected chi connectivity index (χ3v) is 2.79. The lowest BCUT2D eigenvalue weighted by Gasteiger charge is -2.07. The molecule has 0 aliphatic carbocycles. The van der Waals surface area contributed by atoms with Gasteiger partial charge in [0.25, 0.3) is 5.56 Å². The third kappa shape index (κ3) is 3.68. The topological polar surface area (TPSA) is 90.0 Å². The van der Waals surface area contributed by atoms with Gasteiger partial charge in [-0.3, -0.25) is 14.2 Å². The Morgan fingerprint density at radius 3 is 2.70 bits per heavy atom. The maximum atomic E-state index is 11.8. The number of amides is 1. The minimum atomic E-state index is -0.165. The Labute approximate surface area is 116 Å². The van der Waals surface area contributed by atoms with Crippen molar-refractivity contribution in [1.82, 2.24) is 9.55 Å². The highest BCUT2D eigenvalue weighted by Gasteiger charge is 2.04. The van der Waals surface area contributed by atoms with E-state index in [4.69, 9.17) is 5.73 Å². The van der Waals surface area contributed by atoms with Crippen LogP contribution < -0.4 is 16.6 Å². The summed E-state index contributed by atoms with van der Waals surface area (Å²) < 4.78 is 1.41. The fourth-order valence-electron chi connectivity index (χ4n) is 1.70. The molecule has 3 N–H and O–H groups in total. The molecule has 1 heterocycles. The Bertz CT molecular complexity index is 662. The van der Waals surface area contributed by atoms with Gasteiger partial charge in [-0.2, -0.15) is 0 Å². The molecule has 0 saturated carbocycles. The van der Waals surface area contributed by atoms with Crippen LogP contribution in [-0.2, 0) is 11.3 Å². The number of hydrogen-bond donors (Lipinski definition) is 2. The molecule has 1 amide bonds. The average molecular weight is 272 g/mol. The first-order valence-electron chi connectivity index (χ1n) is 6.23. The minimum absolute atomic E-state index is 0.155. The van der Waals surface area contributed by atoms with Crippen LogP contribution in [0.15, 0.2) is 41.5 Å². The molecule has 0 atom stereocenters. The van der Waals surface area contributed by atoms with Crippen LogP contribution in [0.1, 0.15) is 12.1 Å². The number of anilines is 2. The lowest BCUT2D eigenvalue weighted by atomic mass is 10.2. The predicted octanol–water partition coefficient (Wildman–Crippen LogP) is 1.16. The van der Waals surface area contributed by atoms with E-state index < -0.39 is 0 Å².